The number of aromatic nitrogens is 2. The van der Waals surface area contributed by atoms with E-state index in [0.717, 1.165) is 12.8 Å². The number of pyridine rings is 1. The molecule has 0 spiro atoms. The van der Waals surface area contributed by atoms with Crippen molar-refractivity contribution in [3.05, 3.63) is 48.5 Å². The lowest BCUT2D eigenvalue weighted by molar-refractivity contribution is 0.601. The van der Waals surface area contributed by atoms with E-state index in [-0.39, 0.29) is 16.6 Å². The van der Waals surface area contributed by atoms with E-state index in [1.54, 1.807) is 6.92 Å². The van der Waals surface area contributed by atoms with E-state index in [0.29, 0.717) is 16.6 Å². The Kier molecular flexibility index (Phi) is 2.57. The van der Waals surface area contributed by atoms with Crippen LogP contribution in [0.1, 0.15) is 35.6 Å². The quantitative estimate of drug-likeness (QED) is 0.872. The molecule has 0 atom stereocenters. The predicted molar refractivity (Wildman–Crippen MR) is 70.7 cm³/mol. The molecule has 4 nitrogen and oxygen atoms in total. The lowest BCUT2D eigenvalue weighted by Gasteiger charge is -2.14. The van der Waals surface area contributed by atoms with E-state index < -0.39 is 17.1 Å². The standard InChI is InChI=1S/C13H12ClFN2O2/c1-5-9(14)10(15)6(2)17-11(5)8(7-3-4-7)12(18)16-13(17)19/h7H,3-4H2,1-2H3,(H,16,18,19). The van der Waals surface area contributed by atoms with Gasteiger partial charge in [0.25, 0.3) is 5.56 Å². The van der Waals surface area contributed by atoms with Crippen molar-refractivity contribution in [3.8, 4) is 0 Å². The Hall–Kier alpha value is -1.62. The Morgan fingerprint density at radius 1 is 1.32 bits per heavy atom. The average molecular weight is 283 g/mol. The number of aryl methyl sites for hydroxylation is 2. The van der Waals surface area contributed by atoms with Gasteiger partial charge in [0.15, 0.2) is 5.82 Å². The van der Waals surface area contributed by atoms with Gasteiger partial charge < -0.3 is 0 Å². The van der Waals surface area contributed by atoms with Crippen molar-refractivity contribution in [1.29, 1.82) is 0 Å². The molecule has 0 radical (unpaired) electrons. The van der Waals surface area contributed by atoms with Gasteiger partial charge in [-0.25, -0.2) is 9.18 Å². The minimum atomic E-state index is -0.624. The van der Waals surface area contributed by atoms with Crippen LogP contribution in [0, 0.1) is 19.7 Å². The maximum absolute atomic E-state index is 14.0. The topological polar surface area (TPSA) is 54.3 Å². The fraction of sp³-hybridized carbons (Fsp3) is 0.385. The second-order valence-electron chi connectivity index (χ2n) is 4.97. The number of hydrogen-bond acceptors (Lipinski definition) is 2. The largest absolute Gasteiger partial charge is 0.333 e. The summed E-state index contributed by atoms with van der Waals surface area (Å²) in [6, 6.07) is 0. The fourth-order valence-corrected chi connectivity index (χ4v) is 2.74. The van der Waals surface area contributed by atoms with Crippen molar-refractivity contribution < 1.29 is 4.39 Å². The second kappa shape index (κ2) is 3.93. The van der Waals surface area contributed by atoms with Crippen molar-refractivity contribution in [3.63, 3.8) is 0 Å². The number of halogens is 2. The molecule has 0 aromatic carbocycles. The highest BCUT2D eigenvalue weighted by Gasteiger charge is 2.31. The first-order chi connectivity index (χ1) is 8.93. The van der Waals surface area contributed by atoms with Gasteiger partial charge >= 0.3 is 5.69 Å². The molecule has 0 aliphatic heterocycles. The van der Waals surface area contributed by atoms with Crippen LogP contribution in [0.2, 0.25) is 5.02 Å². The Labute approximate surface area is 112 Å². The van der Waals surface area contributed by atoms with Crippen LogP contribution in [0.25, 0.3) is 5.52 Å². The molecule has 0 unspecified atom stereocenters. The van der Waals surface area contributed by atoms with Gasteiger partial charge in [-0.15, -0.1) is 0 Å². The third-order valence-corrected chi connectivity index (χ3v) is 4.11. The molecule has 2 aromatic heterocycles. The van der Waals surface area contributed by atoms with E-state index in [2.05, 4.69) is 4.98 Å². The predicted octanol–water partition coefficient (Wildman–Crippen LogP) is 2.27. The van der Waals surface area contributed by atoms with Crippen molar-refractivity contribution >= 4 is 17.1 Å². The molecule has 6 heteroatoms. The third kappa shape index (κ3) is 1.64. The molecule has 3 rings (SSSR count). The van der Waals surface area contributed by atoms with E-state index in [1.165, 1.54) is 11.3 Å². The molecule has 2 heterocycles. The maximum atomic E-state index is 14.0. The minimum absolute atomic E-state index is 0.0237. The second-order valence-corrected chi connectivity index (χ2v) is 5.35. The summed E-state index contributed by atoms with van der Waals surface area (Å²) in [4.78, 5) is 26.2. The van der Waals surface area contributed by atoms with Gasteiger partial charge in [0.2, 0.25) is 0 Å². The molecule has 1 fully saturated rings. The van der Waals surface area contributed by atoms with Crippen molar-refractivity contribution in [1.82, 2.24) is 9.38 Å². The van der Waals surface area contributed by atoms with Crippen LogP contribution in [-0.4, -0.2) is 9.38 Å². The zero-order valence-electron chi connectivity index (χ0n) is 10.5. The normalized spacial score (nSPS) is 15.2. The highest BCUT2D eigenvalue weighted by molar-refractivity contribution is 6.32. The van der Waals surface area contributed by atoms with E-state index in [9.17, 15) is 14.0 Å². The fourth-order valence-electron chi connectivity index (χ4n) is 2.52. The molecule has 1 saturated carbocycles. The summed E-state index contributed by atoms with van der Waals surface area (Å²) in [5.74, 6) is -0.485. The van der Waals surface area contributed by atoms with E-state index in [1.807, 2.05) is 0 Å². The van der Waals surface area contributed by atoms with Gasteiger partial charge in [-0.1, -0.05) is 11.6 Å². The van der Waals surface area contributed by atoms with Crippen LogP contribution in [0.15, 0.2) is 9.59 Å². The average Bonchev–Trinajstić information content (AvgIpc) is 3.17. The first-order valence-corrected chi connectivity index (χ1v) is 6.44. The Bertz CT molecular complexity index is 818. The summed E-state index contributed by atoms with van der Waals surface area (Å²) < 4.78 is 15.2. The summed E-state index contributed by atoms with van der Waals surface area (Å²) >= 11 is 5.96. The van der Waals surface area contributed by atoms with Gasteiger partial charge in [0.05, 0.1) is 16.2 Å². The molecule has 0 saturated heterocycles. The SMILES string of the molecule is Cc1c(Cl)c(F)c(C)n2c(=O)[nH]c(=O)c(C3CC3)c12. The number of nitrogens with zero attached hydrogens (tertiary/aromatic N) is 1. The summed E-state index contributed by atoms with van der Waals surface area (Å²) in [7, 11) is 0. The summed E-state index contributed by atoms with van der Waals surface area (Å²) in [6.07, 6.45) is 1.81. The molecule has 0 bridgehead atoms. The van der Waals surface area contributed by atoms with Crippen LogP contribution >= 0.6 is 11.6 Å². The van der Waals surface area contributed by atoms with Crippen molar-refractivity contribution in [2.24, 2.45) is 0 Å². The molecule has 1 aliphatic carbocycles. The van der Waals surface area contributed by atoms with Gasteiger partial charge in [-0.3, -0.25) is 14.2 Å². The zero-order chi connectivity index (χ0) is 13.9. The van der Waals surface area contributed by atoms with Gasteiger partial charge in [0, 0.05) is 5.56 Å². The lowest BCUT2D eigenvalue weighted by atomic mass is 10.1. The number of H-pyrrole nitrogens is 1. The van der Waals surface area contributed by atoms with Crippen molar-refractivity contribution in [2.75, 3.05) is 0 Å². The molecule has 1 N–H and O–H groups in total. The number of hydrogen-bond donors (Lipinski definition) is 1. The smallest absolute Gasteiger partial charge is 0.273 e. The van der Waals surface area contributed by atoms with Crippen LogP contribution in [0.4, 0.5) is 4.39 Å². The Morgan fingerprint density at radius 3 is 2.53 bits per heavy atom. The first kappa shape index (κ1) is 12.4. The van der Waals surface area contributed by atoms with Gasteiger partial charge in [-0.2, -0.15) is 0 Å². The molecule has 19 heavy (non-hydrogen) atoms. The van der Waals surface area contributed by atoms with Crippen LogP contribution < -0.4 is 11.2 Å². The minimum Gasteiger partial charge on any atom is -0.273 e. The number of nitrogens with one attached hydrogen (secondary N) is 1. The molecule has 100 valence electrons. The highest BCUT2D eigenvalue weighted by Crippen LogP contribution is 2.41. The van der Waals surface area contributed by atoms with Crippen LogP contribution in [-0.2, 0) is 0 Å². The molecule has 0 amide bonds. The summed E-state index contributed by atoms with van der Waals surface area (Å²) in [5.41, 5.74) is 0.545. The monoisotopic (exact) mass is 282 g/mol. The zero-order valence-corrected chi connectivity index (χ0v) is 11.3. The maximum Gasteiger partial charge on any atom is 0.333 e. The number of rotatable bonds is 1. The lowest BCUT2D eigenvalue weighted by Crippen LogP contribution is -2.31. The Balaban J connectivity index is 2.65. The summed E-state index contributed by atoms with van der Waals surface area (Å²) in [5, 5.41) is -0.0237. The molecule has 1 aliphatic rings. The van der Waals surface area contributed by atoms with Gasteiger partial charge in [-0.05, 0) is 38.2 Å². The molecular weight excluding hydrogens is 271 g/mol. The third-order valence-electron chi connectivity index (χ3n) is 3.66. The van der Waals surface area contributed by atoms with Crippen molar-refractivity contribution in [2.45, 2.75) is 32.6 Å². The first-order valence-electron chi connectivity index (χ1n) is 6.06. The highest BCUT2D eigenvalue weighted by atomic mass is 35.5. The molecule has 2 aromatic rings. The Morgan fingerprint density at radius 2 is 1.95 bits per heavy atom. The van der Waals surface area contributed by atoms with E-state index in [4.69, 9.17) is 11.6 Å². The van der Waals surface area contributed by atoms with Crippen LogP contribution in [0.5, 0.6) is 0 Å². The van der Waals surface area contributed by atoms with E-state index >= 15 is 0 Å². The summed E-state index contributed by atoms with van der Waals surface area (Å²) in [6.45, 7) is 3.11. The molecular formula is C13H12ClFN2O2. The van der Waals surface area contributed by atoms with Crippen LogP contribution in [0.3, 0.4) is 0 Å². The van der Waals surface area contributed by atoms with Gasteiger partial charge in [0.1, 0.15) is 0 Å². The number of fused-ring (bicyclic) bond motifs is 1. The number of aromatic amines is 1.